The second-order valence-electron chi connectivity index (χ2n) is 6.62. The minimum absolute atomic E-state index is 0.0716. The molecule has 1 fully saturated rings. The number of rotatable bonds is 11. The summed E-state index contributed by atoms with van der Waals surface area (Å²) >= 11 is 1.56. The predicted molar refractivity (Wildman–Crippen MR) is 98.2 cm³/mol. The number of aliphatic carboxylic acids is 1. The van der Waals surface area contributed by atoms with Gasteiger partial charge in [0.2, 0.25) is 5.91 Å². The molecule has 0 aromatic rings. The number of carboxylic acid groups (broad SMARTS) is 1. The highest BCUT2D eigenvalue weighted by Crippen LogP contribution is 2.36. The summed E-state index contributed by atoms with van der Waals surface area (Å²) in [7, 11) is 0. The number of amides is 1. The molecule has 0 saturated carbocycles. The summed E-state index contributed by atoms with van der Waals surface area (Å²) in [5, 5.41) is 51.8. The third-order valence-electron chi connectivity index (χ3n) is 4.48. The van der Waals surface area contributed by atoms with Gasteiger partial charge in [-0.1, -0.05) is 0 Å². The molecule has 1 aliphatic rings. The van der Waals surface area contributed by atoms with E-state index in [1.165, 1.54) is 6.92 Å². The molecule has 0 aromatic carbocycles. The van der Waals surface area contributed by atoms with Crippen molar-refractivity contribution in [3.8, 4) is 0 Å². The van der Waals surface area contributed by atoms with Gasteiger partial charge >= 0.3 is 5.97 Å². The molecule has 1 heterocycles. The number of nitrogens with two attached hydrogens (primary N) is 1. The number of hydrogen-bond donors (Lipinski definition) is 7. The maximum absolute atomic E-state index is 11.9. The molecule has 1 saturated heterocycles. The number of carbonyl (C=O) groups excluding carboxylic acids is 1. The molecule has 8 N–H and O–H groups in total. The molecule has 6 atom stereocenters. The number of thioether (sulfide) groups is 1. The molecule has 0 unspecified atom stereocenters. The Hall–Kier alpha value is -0.950. The molecular formula is C16H30N2O8S. The molecule has 0 aliphatic carbocycles. The molecule has 1 aliphatic heterocycles. The van der Waals surface area contributed by atoms with Crippen molar-refractivity contribution in [2.45, 2.75) is 62.2 Å². The second kappa shape index (κ2) is 11.1. The van der Waals surface area contributed by atoms with E-state index in [0.717, 1.165) is 5.75 Å². The average molecular weight is 410 g/mol. The highest BCUT2D eigenvalue weighted by molar-refractivity contribution is 7.99. The van der Waals surface area contributed by atoms with Gasteiger partial charge in [0.25, 0.3) is 0 Å². The Morgan fingerprint density at radius 1 is 1.37 bits per heavy atom. The number of aliphatic hydroxyl groups is 4. The Morgan fingerprint density at radius 3 is 2.56 bits per heavy atom. The highest BCUT2D eigenvalue weighted by Gasteiger charge is 2.54. The van der Waals surface area contributed by atoms with Crippen LogP contribution in [0.3, 0.4) is 0 Å². The van der Waals surface area contributed by atoms with Gasteiger partial charge < -0.3 is 41.3 Å². The number of aliphatic hydroxyl groups excluding tert-OH is 4. The van der Waals surface area contributed by atoms with Crippen LogP contribution >= 0.6 is 11.8 Å². The number of ether oxygens (including phenoxy) is 1. The maximum atomic E-state index is 11.9. The van der Waals surface area contributed by atoms with Crippen molar-refractivity contribution in [3.05, 3.63) is 0 Å². The third kappa shape index (κ3) is 6.56. The zero-order valence-electron chi connectivity index (χ0n) is 15.3. The molecule has 0 radical (unpaired) electrons. The first-order chi connectivity index (χ1) is 12.7. The lowest BCUT2D eigenvalue weighted by atomic mass is 9.81. The van der Waals surface area contributed by atoms with Crippen LogP contribution in [0, 0.1) is 0 Å². The van der Waals surface area contributed by atoms with Gasteiger partial charge in [-0.3, -0.25) is 4.79 Å². The minimum atomic E-state index is -1.78. The molecular weight excluding hydrogens is 380 g/mol. The fourth-order valence-electron chi connectivity index (χ4n) is 3.14. The zero-order chi connectivity index (χ0) is 20.6. The van der Waals surface area contributed by atoms with E-state index < -0.39 is 54.5 Å². The first-order valence-electron chi connectivity index (χ1n) is 8.79. The van der Waals surface area contributed by atoms with Crippen LogP contribution in [0.4, 0.5) is 0 Å². The Bertz CT molecular complexity index is 497. The van der Waals surface area contributed by atoms with E-state index in [-0.39, 0.29) is 12.8 Å². The van der Waals surface area contributed by atoms with Gasteiger partial charge in [-0.2, -0.15) is 11.8 Å². The number of nitrogens with one attached hydrogen (secondary N) is 1. The lowest BCUT2D eigenvalue weighted by Crippen LogP contribution is -2.67. The van der Waals surface area contributed by atoms with Crippen molar-refractivity contribution in [2.75, 3.05) is 24.7 Å². The Labute approximate surface area is 162 Å². The maximum Gasteiger partial charge on any atom is 0.336 e. The lowest BCUT2D eigenvalue weighted by molar-refractivity contribution is -0.231. The summed E-state index contributed by atoms with van der Waals surface area (Å²) in [6.07, 6.45) is -5.79. The van der Waals surface area contributed by atoms with Crippen LogP contribution in [0.15, 0.2) is 0 Å². The molecule has 158 valence electrons. The Balaban J connectivity index is 3.02. The van der Waals surface area contributed by atoms with Gasteiger partial charge in [0, 0.05) is 25.6 Å². The van der Waals surface area contributed by atoms with Gasteiger partial charge in [0.05, 0.1) is 18.8 Å². The van der Waals surface area contributed by atoms with Crippen molar-refractivity contribution in [3.63, 3.8) is 0 Å². The molecule has 11 heteroatoms. The highest BCUT2D eigenvalue weighted by atomic mass is 32.2. The summed E-state index contributed by atoms with van der Waals surface area (Å²) in [5.74, 6) is -0.437. The molecule has 1 amide bonds. The molecule has 27 heavy (non-hydrogen) atoms. The molecule has 0 bridgehead atoms. The van der Waals surface area contributed by atoms with E-state index in [9.17, 15) is 30.0 Å². The van der Waals surface area contributed by atoms with Crippen LogP contribution in [-0.4, -0.2) is 98.1 Å². The summed E-state index contributed by atoms with van der Waals surface area (Å²) in [4.78, 5) is 23.4. The summed E-state index contributed by atoms with van der Waals surface area (Å²) in [6.45, 7) is 0.918. The fraction of sp³-hybridized carbons (Fsp3) is 0.875. The Kier molecular flexibility index (Phi) is 9.95. The zero-order valence-corrected chi connectivity index (χ0v) is 16.1. The van der Waals surface area contributed by atoms with Gasteiger partial charge in [-0.25, -0.2) is 4.79 Å². The van der Waals surface area contributed by atoms with Crippen LogP contribution in [0.25, 0.3) is 0 Å². The minimum Gasteiger partial charge on any atom is -0.479 e. The normalized spacial score (nSPS) is 30.5. The van der Waals surface area contributed by atoms with E-state index in [0.29, 0.717) is 18.7 Å². The fourth-order valence-corrected chi connectivity index (χ4v) is 3.86. The predicted octanol–water partition coefficient (Wildman–Crippen LogP) is -2.35. The summed E-state index contributed by atoms with van der Waals surface area (Å²) in [6, 6.07) is -1.13. The van der Waals surface area contributed by atoms with Crippen LogP contribution < -0.4 is 11.1 Å². The Morgan fingerprint density at radius 2 is 2.04 bits per heavy atom. The SMILES string of the molecule is CC(=O)N[C@H]1[C@H]([C@H](O)[C@H](O)CO)O[C@](CCCSCCN)(C(=O)O)C[C@@H]1O. The van der Waals surface area contributed by atoms with Crippen molar-refractivity contribution in [1.82, 2.24) is 5.32 Å². The van der Waals surface area contributed by atoms with Crippen LogP contribution in [0.1, 0.15) is 26.2 Å². The molecule has 0 spiro atoms. The van der Waals surface area contributed by atoms with Crippen LogP contribution in [0.5, 0.6) is 0 Å². The smallest absolute Gasteiger partial charge is 0.336 e. The number of carboxylic acids is 1. The third-order valence-corrected chi connectivity index (χ3v) is 5.58. The first-order valence-corrected chi connectivity index (χ1v) is 9.95. The number of carbonyl (C=O) groups is 2. The van der Waals surface area contributed by atoms with Gasteiger partial charge in [0.1, 0.15) is 18.3 Å². The second-order valence-corrected chi connectivity index (χ2v) is 7.85. The van der Waals surface area contributed by atoms with E-state index >= 15 is 0 Å². The van der Waals surface area contributed by atoms with Gasteiger partial charge in [-0.15, -0.1) is 0 Å². The van der Waals surface area contributed by atoms with Gasteiger partial charge in [0.15, 0.2) is 5.60 Å². The average Bonchev–Trinajstić information content (AvgIpc) is 2.61. The van der Waals surface area contributed by atoms with Crippen molar-refractivity contribution in [2.24, 2.45) is 5.73 Å². The lowest BCUT2D eigenvalue weighted by Gasteiger charge is -2.47. The van der Waals surface area contributed by atoms with Crippen LogP contribution in [0.2, 0.25) is 0 Å². The van der Waals surface area contributed by atoms with E-state index in [4.69, 9.17) is 15.6 Å². The molecule has 0 aromatic heterocycles. The molecule has 10 nitrogen and oxygen atoms in total. The van der Waals surface area contributed by atoms with E-state index in [1.54, 1.807) is 11.8 Å². The van der Waals surface area contributed by atoms with Gasteiger partial charge in [-0.05, 0) is 18.6 Å². The quantitative estimate of drug-likeness (QED) is 0.182. The van der Waals surface area contributed by atoms with Crippen LogP contribution in [-0.2, 0) is 14.3 Å². The van der Waals surface area contributed by atoms with Crippen molar-refractivity contribution < 1.29 is 39.9 Å². The van der Waals surface area contributed by atoms with E-state index in [1.807, 2.05) is 0 Å². The molecule has 1 rings (SSSR count). The number of hydrogen-bond acceptors (Lipinski definition) is 9. The van der Waals surface area contributed by atoms with Crippen molar-refractivity contribution >= 4 is 23.6 Å². The summed E-state index contributed by atoms with van der Waals surface area (Å²) < 4.78 is 5.68. The summed E-state index contributed by atoms with van der Waals surface area (Å²) in [5.41, 5.74) is 3.64. The monoisotopic (exact) mass is 410 g/mol. The van der Waals surface area contributed by atoms with Crippen molar-refractivity contribution in [1.29, 1.82) is 0 Å². The van der Waals surface area contributed by atoms with E-state index in [2.05, 4.69) is 5.32 Å². The standard InChI is InChI=1S/C16H30N2O8S/c1-9(20)18-12-10(21)7-16(15(24)25,3-2-5-27-6-4-17)26-14(12)13(23)11(22)8-19/h10-14,19,21-23H,2-8,17H2,1H3,(H,18,20)(H,24,25)/t10-,11+,12+,13+,14+,16-/m0/s1. The topological polar surface area (TPSA) is 183 Å². The largest absolute Gasteiger partial charge is 0.479 e. The first kappa shape index (κ1) is 24.1.